The van der Waals surface area contributed by atoms with Crippen LogP contribution in [-0.4, -0.2) is 22.5 Å². The minimum atomic E-state index is -0.0740. The van der Waals surface area contributed by atoms with Gasteiger partial charge in [-0.05, 0) is 30.7 Å². The summed E-state index contributed by atoms with van der Waals surface area (Å²) in [6.45, 7) is 3.80. The fourth-order valence-electron chi connectivity index (χ4n) is 2.02. The molecule has 2 aromatic rings. The number of amides is 1. The molecule has 0 fully saturated rings. The highest BCUT2D eigenvalue weighted by Crippen LogP contribution is 2.11. The number of anilines is 1. The van der Waals surface area contributed by atoms with Crippen LogP contribution in [0.15, 0.2) is 36.7 Å². The quantitative estimate of drug-likeness (QED) is 0.848. The highest BCUT2D eigenvalue weighted by molar-refractivity contribution is 5.94. The van der Waals surface area contributed by atoms with Gasteiger partial charge in [-0.3, -0.25) is 4.79 Å². The van der Waals surface area contributed by atoms with Crippen LogP contribution in [-0.2, 0) is 13.1 Å². The summed E-state index contributed by atoms with van der Waals surface area (Å²) in [7, 11) is 1.63. The third kappa shape index (κ3) is 3.38. The summed E-state index contributed by atoms with van der Waals surface area (Å²) in [6, 6.07) is 7.41. The number of benzene rings is 1. The van der Waals surface area contributed by atoms with Crippen molar-refractivity contribution in [2.75, 3.05) is 12.4 Å². The number of nitrogens with one attached hydrogen (secondary N) is 2. The number of carbonyl (C=O) groups excluding carboxylic acids is 1. The number of carbonyl (C=O) groups is 1. The van der Waals surface area contributed by atoms with E-state index in [9.17, 15) is 4.79 Å². The van der Waals surface area contributed by atoms with Gasteiger partial charge in [-0.2, -0.15) is 0 Å². The van der Waals surface area contributed by atoms with Gasteiger partial charge < -0.3 is 15.2 Å². The molecule has 2 rings (SSSR count). The standard InChI is InChI=1S/C15H20N4O/c1-3-9-19-10-8-17-14(19)11-18-13-6-4-12(5-7-13)15(20)16-2/h4-8,10,18H,3,9,11H2,1-2H3,(H,16,20). The fourth-order valence-corrected chi connectivity index (χ4v) is 2.02. The Morgan fingerprint density at radius 1 is 1.30 bits per heavy atom. The van der Waals surface area contributed by atoms with Crippen LogP contribution >= 0.6 is 0 Å². The lowest BCUT2D eigenvalue weighted by molar-refractivity contribution is 0.0963. The summed E-state index contributed by atoms with van der Waals surface area (Å²) in [5, 5.41) is 5.92. The Kier molecular flexibility index (Phi) is 4.76. The van der Waals surface area contributed by atoms with Gasteiger partial charge in [0.05, 0.1) is 6.54 Å². The normalized spacial score (nSPS) is 10.3. The number of rotatable bonds is 6. The molecule has 0 spiro atoms. The number of aryl methyl sites for hydroxylation is 1. The van der Waals surface area contributed by atoms with Crippen molar-refractivity contribution in [1.29, 1.82) is 0 Å². The van der Waals surface area contributed by atoms with Gasteiger partial charge in [0.15, 0.2) is 0 Å². The lowest BCUT2D eigenvalue weighted by Gasteiger charge is -2.09. The molecular weight excluding hydrogens is 252 g/mol. The first kappa shape index (κ1) is 14.1. The topological polar surface area (TPSA) is 59.0 Å². The lowest BCUT2D eigenvalue weighted by atomic mass is 10.2. The molecule has 0 bridgehead atoms. The maximum absolute atomic E-state index is 11.4. The number of nitrogens with zero attached hydrogens (tertiary/aromatic N) is 2. The summed E-state index contributed by atoms with van der Waals surface area (Å²) >= 11 is 0. The molecule has 1 heterocycles. The van der Waals surface area contributed by atoms with Gasteiger partial charge in [-0.25, -0.2) is 4.98 Å². The van der Waals surface area contributed by atoms with Gasteiger partial charge in [0.2, 0.25) is 0 Å². The van der Waals surface area contributed by atoms with E-state index in [2.05, 4.69) is 27.1 Å². The highest BCUT2D eigenvalue weighted by Gasteiger charge is 2.04. The Labute approximate surface area is 119 Å². The third-order valence-electron chi connectivity index (χ3n) is 3.09. The molecule has 1 aromatic heterocycles. The van der Waals surface area contributed by atoms with Crippen LogP contribution in [0.3, 0.4) is 0 Å². The average Bonchev–Trinajstić information content (AvgIpc) is 2.92. The van der Waals surface area contributed by atoms with Gasteiger partial charge in [0, 0.05) is 37.2 Å². The van der Waals surface area contributed by atoms with E-state index >= 15 is 0 Å². The van der Waals surface area contributed by atoms with E-state index in [-0.39, 0.29) is 5.91 Å². The molecule has 106 valence electrons. The van der Waals surface area contributed by atoms with E-state index in [4.69, 9.17) is 0 Å². The SMILES string of the molecule is CCCn1ccnc1CNc1ccc(C(=O)NC)cc1. The monoisotopic (exact) mass is 272 g/mol. The maximum atomic E-state index is 11.4. The molecule has 5 nitrogen and oxygen atoms in total. The Bertz CT molecular complexity index is 560. The second-order valence-electron chi connectivity index (χ2n) is 4.55. The van der Waals surface area contributed by atoms with Gasteiger partial charge in [0.1, 0.15) is 5.82 Å². The molecular formula is C15H20N4O. The first-order valence-electron chi connectivity index (χ1n) is 6.80. The second-order valence-corrected chi connectivity index (χ2v) is 4.55. The molecule has 1 aromatic carbocycles. The molecule has 0 saturated carbocycles. The predicted molar refractivity (Wildman–Crippen MR) is 79.7 cm³/mol. The van der Waals surface area contributed by atoms with Crippen molar-refractivity contribution in [3.05, 3.63) is 48.0 Å². The summed E-state index contributed by atoms with van der Waals surface area (Å²) in [4.78, 5) is 15.8. The minimum Gasteiger partial charge on any atom is -0.378 e. The van der Waals surface area contributed by atoms with Crippen molar-refractivity contribution in [3.8, 4) is 0 Å². The fraction of sp³-hybridized carbons (Fsp3) is 0.333. The average molecular weight is 272 g/mol. The highest BCUT2D eigenvalue weighted by atomic mass is 16.1. The number of hydrogen-bond donors (Lipinski definition) is 2. The zero-order valence-electron chi connectivity index (χ0n) is 11.9. The van der Waals surface area contributed by atoms with Gasteiger partial charge in [0.25, 0.3) is 5.91 Å². The van der Waals surface area contributed by atoms with E-state index in [1.54, 1.807) is 19.2 Å². The smallest absolute Gasteiger partial charge is 0.251 e. The van der Waals surface area contributed by atoms with Gasteiger partial charge in [-0.1, -0.05) is 6.92 Å². The molecule has 0 saturated heterocycles. The van der Waals surface area contributed by atoms with E-state index < -0.39 is 0 Å². The number of hydrogen-bond acceptors (Lipinski definition) is 3. The molecule has 0 aliphatic carbocycles. The van der Waals surface area contributed by atoms with Crippen LogP contribution in [0.2, 0.25) is 0 Å². The predicted octanol–water partition coefficient (Wildman–Crippen LogP) is 2.26. The Morgan fingerprint density at radius 2 is 2.05 bits per heavy atom. The van der Waals surface area contributed by atoms with Crippen molar-refractivity contribution in [2.24, 2.45) is 0 Å². The summed E-state index contributed by atoms with van der Waals surface area (Å²) in [5.74, 6) is 0.942. The van der Waals surface area contributed by atoms with Crippen LogP contribution in [0.4, 0.5) is 5.69 Å². The largest absolute Gasteiger partial charge is 0.378 e. The van der Waals surface area contributed by atoms with E-state index in [0.29, 0.717) is 12.1 Å². The van der Waals surface area contributed by atoms with Crippen LogP contribution in [0.5, 0.6) is 0 Å². The minimum absolute atomic E-state index is 0.0740. The maximum Gasteiger partial charge on any atom is 0.251 e. The van der Waals surface area contributed by atoms with Crippen molar-refractivity contribution in [1.82, 2.24) is 14.9 Å². The molecule has 0 aliphatic heterocycles. The van der Waals surface area contributed by atoms with Crippen LogP contribution < -0.4 is 10.6 Å². The van der Waals surface area contributed by atoms with Gasteiger partial charge in [-0.15, -0.1) is 0 Å². The number of imidazole rings is 1. The van der Waals surface area contributed by atoms with Crippen molar-refractivity contribution >= 4 is 11.6 Å². The zero-order valence-corrected chi connectivity index (χ0v) is 11.9. The Hall–Kier alpha value is -2.30. The Balaban J connectivity index is 1.97. The molecule has 20 heavy (non-hydrogen) atoms. The van der Waals surface area contributed by atoms with E-state index in [0.717, 1.165) is 24.5 Å². The molecule has 1 amide bonds. The Morgan fingerprint density at radius 3 is 2.70 bits per heavy atom. The molecule has 0 atom stereocenters. The first-order valence-corrected chi connectivity index (χ1v) is 6.80. The number of aromatic nitrogens is 2. The van der Waals surface area contributed by atoms with Crippen molar-refractivity contribution in [3.63, 3.8) is 0 Å². The third-order valence-corrected chi connectivity index (χ3v) is 3.09. The molecule has 5 heteroatoms. The molecule has 2 N–H and O–H groups in total. The summed E-state index contributed by atoms with van der Waals surface area (Å²) in [5.41, 5.74) is 1.63. The molecule has 0 aliphatic rings. The lowest BCUT2D eigenvalue weighted by Crippen LogP contribution is -2.17. The van der Waals surface area contributed by atoms with Crippen LogP contribution in [0.1, 0.15) is 29.5 Å². The van der Waals surface area contributed by atoms with E-state index in [1.165, 1.54) is 0 Å². The molecule has 0 radical (unpaired) electrons. The second kappa shape index (κ2) is 6.75. The van der Waals surface area contributed by atoms with Gasteiger partial charge >= 0.3 is 0 Å². The van der Waals surface area contributed by atoms with Crippen molar-refractivity contribution < 1.29 is 4.79 Å². The summed E-state index contributed by atoms with van der Waals surface area (Å²) in [6.07, 6.45) is 4.90. The first-order chi connectivity index (χ1) is 9.74. The zero-order chi connectivity index (χ0) is 14.4. The van der Waals surface area contributed by atoms with Crippen LogP contribution in [0.25, 0.3) is 0 Å². The van der Waals surface area contributed by atoms with E-state index in [1.807, 2.05) is 24.5 Å². The molecule has 0 unspecified atom stereocenters. The van der Waals surface area contributed by atoms with Crippen LogP contribution in [0, 0.1) is 0 Å². The summed E-state index contributed by atoms with van der Waals surface area (Å²) < 4.78 is 2.14. The van der Waals surface area contributed by atoms with Crippen molar-refractivity contribution in [2.45, 2.75) is 26.4 Å².